The summed E-state index contributed by atoms with van der Waals surface area (Å²) in [5, 5.41) is 21.6. The molecule has 0 spiro atoms. The lowest BCUT2D eigenvalue weighted by Crippen LogP contribution is -2.56. The molecule has 5 nitrogen and oxygen atoms in total. The number of carbonyl (C=O) groups excluding carboxylic acids is 1. The van der Waals surface area contributed by atoms with Crippen LogP contribution in [0.1, 0.15) is 18.4 Å². The normalized spacial score (nSPS) is 21.5. The molecule has 116 valence electrons. The summed E-state index contributed by atoms with van der Waals surface area (Å²) < 4.78 is 52.1. The zero-order valence-electron chi connectivity index (χ0n) is 10.9. The molecule has 0 aliphatic carbocycles. The topological polar surface area (TPSA) is 76.7 Å². The van der Waals surface area contributed by atoms with E-state index in [9.17, 15) is 27.5 Å². The molecule has 0 bridgehead atoms. The van der Waals surface area contributed by atoms with Gasteiger partial charge in [-0.25, -0.2) is 4.39 Å². The van der Waals surface area contributed by atoms with Gasteiger partial charge in [-0.3, -0.25) is 4.79 Å². The highest BCUT2D eigenvalue weighted by Crippen LogP contribution is 2.41. The number of alkyl halides is 3. The first-order chi connectivity index (χ1) is 10.2. The summed E-state index contributed by atoms with van der Waals surface area (Å²) in [6, 6.07) is 5.81. The van der Waals surface area contributed by atoms with Crippen molar-refractivity contribution in [1.82, 2.24) is 5.01 Å². The van der Waals surface area contributed by atoms with E-state index in [1.165, 1.54) is 18.2 Å². The van der Waals surface area contributed by atoms with Crippen LogP contribution in [0.15, 0.2) is 29.4 Å². The SMILES string of the molecule is N#CCC(=O)N1N=C(c2ccc(F)cc2)C[C@]1(O)C(F)(F)F. The van der Waals surface area contributed by atoms with E-state index in [0.29, 0.717) is 0 Å². The summed E-state index contributed by atoms with van der Waals surface area (Å²) in [5.41, 5.74) is -3.62. The van der Waals surface area contributed by atoms with Gasteiger partial charge in [0.2, 0.25) is 0 Å². The Bertz CT molecular complexity index is 663. The lowest BCUT2D eigenvalue weighted by atomic mass is 10.0. The molecule has 1 aromatic carbocycles. The number of nitriles is 1. The van der Waals surface area contributed by atoms with Gasteiger partial charge in [0.15, 0.2) is 0 Å². The van der Waals surface area contributed by atoms with Gasteiger partial charge in [-0.15, -0.1) is 0 Å². The molecule has 2 rings (SSSR count). The maximum atomic E-state index is 13.1. The molecule has 0 aromatic heterocycles. The van der Waals surface area contributed by atoms with Crippen molar-refractivity contribution in [1.29, 1.82) is 5.26 Å². The highest BCUT2D eigenvalue weighted by molar-refractivity contribution is 6.03. The average molecular weight is 315 g/mol. The molecule has 0 radical (unpaired) electrons. The van der Waals surface area contributed by atoms with Crippen LogP contribution in [0, 0.1) is 17.1 Å². The fraction of sp³-hybridized carbons (Fsp3) is 0.308. The molecule has 0 unspecified atom stereocenters. The van der Waals surface area contributed by atoms with Crippen molar-refractivity contribution in [2.75, 3.05) is 0 Å². The van der Waals surface area contributed by atoms with Gasteiger partial charge >= 0.3 is 6.18 Å². The largest absolute Gasteiger partial charge is 0.438 e. The number of hydrogen-bond donors (Lipinski definition) is 1. The van der Waals surface area contributed by atoms with Crippen LogP contribution in [0.4, 0.5) is 17.6 Å². The fourth-order valence-corrected chi connectivity index (χ4v) is 1.97. The minimum absolute atomic E-state index is 0.130. The van der Waals surface area contributed by atoms with E-state index in [0.717, 1.165) is 12.1 Å². The zero-order valence-corrected chi connectivity index (χ0v) is 10.9. The number of amides is 1. The maximum Gasteiger partial charge on any atom is 0.438 e. The van der Waals surface area contributed by atoms with Crippen molar-refractivity contribution >= 4 is 11.6 Å². The number of rotatable bonds is 2. The van der Waals surface area contributed by atoms with Crippen LogP contribution >= 0.6 is 0 Å². The van der Waals surface area contributed by atoms with Crippen LogP contribution in [0.25, 0.3) is 0 Å². The predicted molar refractivity (Wildman–Crippen MR) is 65.6 cm³/mol. The molecule has 1 atom stereocenters. The summed E-state index contributed by atoms with van der Waals surface area (Å²) in [5.74, 6) is -1.87. The van der Waals surface area contributed by atoms with Gasteiger partial charge in [-0.05, 0) is 17.7 Å². The minimum atomic E-state index is -5.16. The number of aliphatic hydroxyl groups is 1. The third-order valence-corrected chi connectivity index (χ3v) is 3.08. The summed E-state index contributed by atoms with van der Waals surface area (Å²) in [4.78, 5) is 11.6. The third kappa shape index (κ3) is 2.65. The van der Waals surface area contributed by atoms with Gasteiger partial charge in [0, 0.05) is 0 Å². The number of carbonyl (C=O) groups is 1. The Kier molecular flexibility index (Phi) is 3.89. The Morgan fingerprint density at radius 1 is 1.41 bits per heavy atom. The highest BCUT2D eigenvalue weighted by atomic mass is 19.4. The van der Waals surface area contributed by atoms with Gasteiger partial charge in [-0.2, -0.15) is 28.5 Å². The Hall–Kier alpha value is -2.47. The van der Waals surface area contributed by atoms with Crippen LogP contribution in [-0.2, 0) is 4.79 Å². The number of hydrazone groups is 1. The molecular formula is C13H9F4N3O2. The predicted octanol–water partition coefficient (Wildman–Crippen LogP) is 1.93. The van der Waals surface area contributed by atoms with E-state index >= 15 is 0 Å². The lowest BCUT2D eigenvalue weighted by Gasteiger charge is -2.32. The van der Waals surface area contributed by atoms with Crippen molar-refractivity contribution in [2.45, 2.75) is 24.7 Å². The first kappa shape index (κ1) is 15.9. The van der Waals surface area contributed by atoms with Crippen LogP contribution < -0.4 is 0 Å². The number of benzene rings is 1. The molecule has 1 aliphatic rings. The molecule has 0 saturated carbocycles. The molecular weight excluding hydrogens is 306 g/mol. The fourth-order valence-electron chi connectivity index (χ4n) is 1.97. The van der Waals surface area contributed by atoms with E-state index in [4.69, 9.17) is 5.26 Å². The monoisotopic (exact) mass is 315 g/mol. The molecule has 9 heteroatoms. The smallest absolute Gasteiger partial charge is 0.362 e. The van der Waals surface area contributed by atoms with Crippen LogP contribution in [0.5, 0.6) is 0 Å². The molecule has 1 amide bonds. The number of halogens is 4. The van der Waals surface area contributed by atoms with E-state index in [-0.39, 0.29) is 16.3 Å². The first-order valence-corrected chi connectivity index (χ1v) is 6.01. The molecule has 1 aliphatic heterocycles. The molecule has 0 fully saturated rings. The summed E-state index contributed by atoms with van der Waals surface area (Å²) in [6.07, 6.45) is -7.03. The molecule has 0 saturated heterocycles. The second-order valence-electron chi connectivity index (χ2n) is 4.59. The van der Waals surface area contributed by atoms with Gasteiger partial charge in [0.05, 0.1) is 18.2 Å². The second-order valence-corrected chi connectivity index (χ2v) is 4.59. The highest BCUT2D eigenvalue weighted by Gasteiger charge is 2.63. The van der Waals surface area contributed by atoms with Gasteiger partial charge < -0.3 is 5.11 Å². The van der Waals surface area contributed by atoms with Crippen molar-refractivity contribution in [3.8, 4) is 6.07 Å². The van der Waals surface area contributed by atoms with Crippen LogP contribution in [0.2, 0.25) is 0 Å². The van der Waals surface area contributed by atoms with Crippen molar-refractivity contribution in [2.24, 2.45) is 5.10 Å². The van der Waals surface area contributed by atoms with Crippen molar-refractivity contribution < 1.29 is 27.5 Å². The summed E-state index contributed by atoms with van der Waals surface area (Å²) in [7, 11) is 0. The lowest BCUT2D eigenvalue weighted by molar-refractivity contribution is -0.302. The first-order valence-electron chi connectivity index (χ1n) is 6.01. The van der Waals surface area contributed by atoms with Gasteiger partial charge in [0.25, 0.3) is 11.6 Å². The van der Waals surface area contributed by atoms with Gasteiger partial charge in [0.1, 0.15) is 12.2 Å². The second kappa shape index (κ2) is 5.38. The Labute approximate surface area is 122 Å². The van der Waals surface area contributed by atoms with Crippen molar-refractivity contribution in [3.05, 3.63) is 35.6 Å². The Morgan fingerprint density at radius 2 is 2.00 bits per heavy atom. The third-order valence-electron chi connectivity index (χ3n) is 3.08. The summed E-state index contributed by atoms with van der Waals surface area (Å²) in [6.45, 7) is 0. The van der Waals surface area contributed by atoms with E-state index in [1.54, 1.807) is 0 Å². The van der Waals surface area contributed by atoms with Gasteiger partial charge in [-0.1, -0.05) is 12.1 Å². The van der Waals surface area contributed by atoms with Crippen LogP contribution in [0.3, 0.4) is 0 Å². The minimum Gasteiger partial charge on any atom is -0.362 e. The standard InChI is InChI=1S/C13H9F4N3O2/c14-9-3-1-8(2-4-9)10-7-12(22,13(15,16)17)20(19-10)11(21)5-6-18/h1-4,22H,5,7H2/t12-/m0/s1. The summed E-state index contributed by atoms with van der Waals surface area (Å²) >= 11 is 0. The number of hydrogen-bond acceptors (Lipinski definition) is 4. The quantitative estimate of drug-likeness (QED) is 0.847. The number of nitrogens with zero attached hydrogens (tertiary/aromatic N) is 3. The maximum absolute atomic E-state index is 13.1. The van der Waals surface area contributed by atoms with Crippen molar-refractivity contribution in [3.63, 3.8) is 0 Å². The van der Waals surface area contributed by atoms with E-state index < -0.39 is 36.5 Å². The van der Waals surface area contributed by atoms with E-state index in [1.807, 2.05) is 0 Å². The van der Waals surface area contributed by atoms with E-state index in [2.05, 4.69) is 5.10 Å². The molecule has 1 heterocycles. The Morgan fingerprint density at radius 3 is 2.50 bits per heavy atom. The molecule has 1 N–H and O–H groups in total. The zero-order chi connectivity index (χ0) is 16.5. The average Bonchev–Trinajstić information content (AvgIpc) is 2.79. The van der Waals surface area contributed by atoms with Crippen LogP contribution in [-0.4, -0.2) is 33.6 Å². The Balaban J connectivity index is 2.43. The molecule has 22 heavy (non-hydrogen) atoms. The molecule has 1 aromatic rings.